The van der Waals surface area contributed by atoms with E-state index in [1.807, 2.05) is 6.07 Å². The average Bonchev–Trinajstić information content (AvgIpc) is 3.28. The number of benzene rings is 1. The summed E-state index contributed by atoms with van der Waals surface area (Å²) in [5, 5.41) is 11.1. The summed E-state index contributed by atoms with van der Waals surface area (Å²) in [6.07, 6.45) is 6.01. The average molecular weight is 418 g/mol. The number of hydrogen-bond donors (Lipinski definition) is 3. The Labute approximate surface area is 174 Å². The van der Waals surface area contributed by atoms with Crippen LogP contribution in [-0.2, 0) is 5.54 Å². The minimum atomic E-state index is -0.835. The largest absolute Gasteiger partial charge is 0.450 e. The van der Waals surface area contributed by atoms with Gasteiger partial charge in [-0.1, -0.05) is 37.4 Å². The first-order valence-electron chi connectivity index (χ1n) is 10.4. The molecule has 1 aromatic carbocycles. The summed E-state index contributed by atoms with van der Waals surface area (Å²) in [5.41, 5.74) is 2.18. The van der Waals surface area contributed by atoms with Crippen molar-refractivity contribution >= 4 is 34.2 Å². The smallest absolute Gasteiger partial charge is 0.287 e. The number of rotatable bonds is 2. The first-order valence-corrected chi connectivity index (χ1v) is 10.8. The highest BCUT2D eigenvalue weighted by Gasteiger charge is 2.42. The Bertz CT molecular complexity index is 996. The molecule has 1 aromatic heterocycles. The van der Waals surface area contributed by atoms with Gasteiger partial charge in [0.2, 0.25) is 0 Å². The molecular weight excluding hydrogens is 393 g/mol. The molecule has 5 nitrogen and oxygen atoms in total. The van der Waals surface area contributed by atoms with Gasteiger partial charge in [0, 0.05) is 17.0 Å². The Balaban J connectivity index is 1.57. The number of furan rings is 1. The number of hydrogen-bond acceptors (Lipinski definition) is 4. The maximum Gasteiger partial charge on any atom is 0.287 e. The van der Waals surface area contributed by atoms with Gasteiger partial charge in [0.1, 0.15) is 11.8 Å². The topological polar surface area (TPSA) is 66.3 Å². The maximum absolute atomic E-state index is 13.5. The molecule has 7 heteroatoms. The van der Waals surface area contributed by atoms with E-state index in [0.29, 0.717) is 29.9 Å². The molecule has 2 aliphatic carbocycles. The van der Waals surface area contributed by atoms with Crippen molar-refractivity contribution in [2.24, 2.45) is 0 Å². The molecule has 2 fully saturated rings. The van der Waals surface area contributed by atoms with Crippen LogP contribution in [0.25, 0.3) is 11.0 Å². The van der Waals surface area contributed by atoms with Gasteiger partial charge in [0.15, 0.2) is 5.76 Å². The monoisotopic (exact) mass is 417 g/mol. The summed E-state index contributed by atoms with van der Waals surface area (Å²) in [7, 11) is 0. The van der Waals surface area contributed by atoms with Crippen LogP contribution in [0.3, 0.4) is 0 Å². The SMILES string of the molecule is C=C1Nc2c(Cl)cc3cc(C(=O)N[C@H]4CC[C@@H](F)C4)oc3c2C2(CCCCC2)N1. The zero-order valence-electron chi connectivity index (χ0n) is 16.2. The third kappa shape index (κ3) is 3.18. The van der Waals surface area contributed by atoms with Crippen LogP contribution in [0, 0.1) is 0 Å². The van der Waals surface area contributed by atoms with Gasteiger partial charge in [0.25, 0.3) is 5.91 Å². The van der Waals surface area contributed by atoms with E-state index in [-0.39, 0.29) is 23.2 Å². The van der Waals surface area contributed by atoms with Crippen molar-refractivity contribution in [2.75, 3.05) is 5.32 Å². The third-order valence-corrected chi connectivity index (χ3v) is 6.84. The van der Waals surface area contributed by atoms with Crippen LogP contribution in [0.5, 0.6) is 0 Å². The van der Waals surface area contributed by atoms with Crippen LogP contribution in [0.1, 0.15) is 67.5 Å². The Morgan fingerprint density at radius 3 is 2.79 bits per heavy atom. The second-order valence-electron chi connectivity index (χ2n) is 8.59. The number of fused-ring (bicyclic) bond motifs is 4. The maximum atomic E-state index is 13.5. The van der Waals surface area contributed by atoms with E-state index in [1.165, 1.54) is 6.42 Å². The highest BCUT2D eigenvalue weighted by Crippen LogP contribution is 2.49. The van der Waals surface area contributed by atoms with Crippen molar-refractivity contribution in [3.05, 3.63) is 40.9 Å². The number of alkyl halides is 1. The zero-order chi connectivity index (χ0) is 20.2. The van der Waals surface area contributed by atoms with Crippen molar-refractivity contribution in [2.45, 2.75) is 69.1 Å². The van der Waals surface area contributed by atoms with E-state index in [1.54, 1.807) is 6.07 Å². The molecule has 0 bridgehead atoms. The van der Waals surface area contributed by atoms with Gasteiger partial charge in [-0.3, -0.25) is 4.79 Å². The number of halogens is 2. The van der Waals surface area contributed by atoms with Gasteiger partial charge in [-0.25, -0.2) is 4.39 Å². The fraction of sp³-hybridized carbons (Fsp3) is 0.500. The summed E-state index contributed by atoms with van der Waals surface area (Å²) in [4.78, 5) is 12.7. The Morgan fingerprint density at radius 1 is 1.28 bits per heavy atom. The normalized spacial score (nSPS) is 25.5. The van der Waals surface area contributed by atoms with Crippen LogP contribution >= 0.6 is 11.6 Å². The van der Waals surface area contributed by atoms with Gasteiger partial charge < -0.3 is 20.4 Å². The summed E-state index contributed by atoms with van der Waals surface area (Å²) in [5.74, 6) is 0.665. The molecule has 1 amide bonds. The first-order chi connectivity index (χ1) is 13.9. The van der Waals surface area contributed by atoms with Gasteiger partial charge >= 0.3 is 0 Å². The molecule has 1 spiro atoms. The molecule has 2 heterocycles. The number of anilines is 1. The molecule has 3 N–H and O–H groups in total. The molecule has 5 rings (SSSR count). The van der Waals surface area contributed by atoms with Crippen molar-refractivity contribution in [1.82, 2.24) is 10.6 Å². The molecule has 0 unspecified atom stereocenters. The molecule has 0 radical (unpaired) electrons. The standard InChI is InChI=1S/C22H25ClFN3O2/c1-12-25-19-16(23)9-13-10-17(21(28)26-15-6-5-14(24)11-15)29-20(13)18(19)22(27-12)7-3-2-4-8-22/h9-10,14-15,25,27H,1-8,11H2,(H,26,28)/t14-,15+/m1/s1. The van der Waals surface area contributed by atoms with Gasteiger partial charge in [-0.05, 0) is 44.2 Å². The second-order valence-corrected chi connectivity index (χ2v) is 9.00. The van der Waals surface area contributed by atoms with Crippen molar-refractivity contribution in [1.29, 1.82) is 0 Å². The predicted octanol–water partition coefficient (Wildman–Crippen LogP) is 5.35. The summed E-state index contributed by atoms with van der Waals surface area (Å²) >= 11 is 6.62. The third-order valence-electron chi connectivity index (χ3n) is 6.54. The van der Waals surface area contributed by atoms with E-state index in [4.69, 9.17) is 16.0 Å². The Morgan fingerprint density at radius 2 is 2.07 bits per heavy atom. The molecule has 1 aliphatic heterocycles. The van der Waals surface area contributed by atoms with E-state index in [2.05, 4.69) is 22.5 Å². The number of carbonyl (C=O) groups is 1. The lowest BCUT2D eigenvalue weighted by Gasteiger charge is -2.44. The fourth-order valence-electron chi connectivity index (χ4n) is 5.22. The summed E-state index contributed by atoms with van der Waals surface area (Å²) in [6, 6.07) is 3.42. The second kappa shape index (κ2) is 6.94. The van der Waals surface area contributed by atoms with Crippen LogP contribution in [0.4, 0.5) is 10.1 Å². The highest BCUT2D eigenvalue weighted by atomic mass is 35.5. The minimum absolute atomic E-state index is 0.139. The number of carbonyl (C=O) groups excluding carboxylic acids is 1. The predicted molar refractivity (Wildman–Crippen MR) is 112 cm³/mol. The quantitative estimate of drug-likeness (QED) is 0.616. The lowest BCUT2D eigenvalue weighted by atomic mass is 9.74. The Kier molecular flexibility index (Phi) is 4.50. The molecular formula is C22H25ClFN3O2. The molecule has 2 saturated carbocycles. The minimum Gasteiger partial charge on any atom is -0.450 e. The van der Waals surface area contributed by atoms with Gasteiger partial charge in [-0.2, -0.15) is 0 Å². The van der Waals surface area contributed by atoms with Crippen molar-refractivity contribution in [3.8, 4) is 0 Å². The van der Waals surface area contributed by atoms with E-state index in [0.717, 1.165) is 48.1 Å². The van der Waals surface area contributed by atoms with E-state index in [9.17, 15) is 9.18 Å². The highest BCUT2D eigenvalue weighted by molar-refractivity contribution is 6.34. The number of nitrogens with one attached hydrogen (secondary N) is 3. The lowest BCUT2D eigenvalue weighted by molar-refractivity contribution is 0.0910. The van der Waals surface area contributed by atoms with Gasteiger partial charge in [-0.15, -0.1) is 0 Å². The van der Waals surface area contributed by atoms with E-state index < -0.39 is 6.17 Å². The Hall–Kier alpha value is -2.21. The molecule has 3 aliphatic rings. The van der Waals surface area contributed by atoms with E-state index >= 15 is 0 Å². The molecule has 0 saturated heterocycles. The van der Waals surface area contributed by atoms with Crippen molar-refractivity contribution < 1.29 is 13.6 Å². The summed E-state index contributed by atoms with van der Waals surface area (Å²) in [6.45, 7) is 4.07. The van der Waals surface area contributed by atoms with Crippen molar-refractivity contribution in [3.63, 3.8) is 0 Å². The first kappa shape index (κ1) is 18.8. The summed E-state index contributed by atoms with van der Waals surface area (Å²) < 4.78 is 19.6. The van der Waals surface area contributed by atoms with Crippen LogP contribution in [-0.4, -0.2) is 18.1 Å². The molecule has 29 heavy (non-hydrogen) atoms. The van der Waals surface area contributed by atoms with Gasteiger partial charge in [0.05, 0.1) is 22.1 Å². The van der Waals surface area contributed by atoms with Crippen LogP contribution in [0.2, 0.25) is 5.02 Å². The fourth-order valence-corrected chi connectivity index (χ4v) is 5.48. The zero-order valence-corrected chi connectivity index (χ0v) is 17.0. The van der Waals surface area contributed by atoms with Crippen LogP contribution in [0.15, 0.2) is 28.9 Å². The van der Waals surface area contributed by atoms with Crippen LogP contribution < -0.4 is 16.0 Å². The molecule has 2 atom stereocenters. The molecule has 2 aromatic rings. The lowest BCUT2D eigenvalue weighted by Crippen LogP contribution is -2.48. The number of amides is 1. The molecule has 154 valence electrons.